The van der Waals surface area contributed by atoms with Gasteiger partial charge in [0.05, 0.1) is 10.6 Å². The van der Waals surface area contributed by atoms with Crippen molar-refractivity contribution < 1.29 is 9.72 Å². The first-order valence-corrected chi connectivity index (χ1v) is 7.71. The van der Waals surface area contributed by atoms with E-state index in [-0.39, 0.29) is 11.6 Å². The number of hydrogen-bond donors (Lipinski definition) is 2. The lowest BCUT2D eigenvalue weighted by molar-refractivity contribution is -0.385. The van der Waals surface area contributed by atoms with Gasteiger partial charge in [0, 0.05) is 22.5 Å². The maximum Gasteiger partial charge on any atom is 0.274 e. The van der Waals surface area contributed by atoms with Crippen LogP contribution in [0.15, 0.2) is 16.6 Å². The van der Waals surface area contributed by atoms with Crippen LogP contribution in [0.25, 0.3) is 0 Å². The maximum absolute atomic E-state index is 12.0. The first kappa shape index (κ1) is 15.9. The summed E-state index contributed by atoms with van der Waals surface area (Å²) >= 11 is 3.33. The van der Waals surface area contributed by atoms with Gasteiger partial charge in [-0.25, -0.2) is 0 Å². The molecule has 1 fully saturated rings. The summed E-state index contributed by atoms with van der Waals surface area (Å²) in [6.07, 6.45) is 2.37. The van der Waals surface area contributed by atoms with E-state index in [2.05, 4.69) is 26.6 Å². The van der Waals surface area contributed by atoms with Crippen LogP contribution in [-0.4, -0.2) is 23.9 Å². The Balaban J connectivity index is 1.99. The molecule has 1 saturated heterocycles. The van der Waals surface area contributed by atoms with E-state index in [4.69, 9.17) is 0 Å². The van der Waals surface area contributed by atoms with E-state index in [1.807, 2.05) is 0 Å². The van der Waals surface area contributed by atoms with Crippen LogP contribution in [0.2, 0.25) is 0 Å². The van der Waals surface area contributed by atoms with Crippen molar-refractivity contribution >= 4 is 33.2 Å². The molecule has 1 unspecified atom stereocenters. The summed E-state index contributed by atoms with van der Waals surface area (Å²) in [7, 11) is 0. The molecule has 0 aliphatic carbocycles. The Kier molecular flexibility index (Phi) is 5.30. The van der Waals surface area contributed by atoms with Gasteiger partial charge in [0.15, 0.2) is 0 Å². The molecule has 1 atom stereocenters. The molecule has 1 aromatic rings. The second-order valence-electron chi connectivity index (χ2n) is 5.32. The number of carbonyl (C=O) groups is 1. The Labute approximate surface area is 131 Å². The molecule has 0 saturated carbocycles. The fourth-order valence-corrected chi connectivity index (χ4v) is 3.02. The summed E-state index contributed by atoms with van der Waals surface area (Å²) in [5.74, 6) is 0.437. The smallest absolute Gasteiger partial charge is 0.274 e. The molecule has 1 heterocycles. The van der Waals surface area contributed by atoms with Crippen molar-refractivity contribution in [2.45, 2.75) is 26.2 Å². The molecule has 21 heavy (non-hydrogen) atoms. The predicted molar refractivity (Wildman–Crippen MR) is 84.4 cm³/mol. The number of hydrogen-bond acceptors (Lipinski definition) is 4. The number of nitrogens with zero attached hydrogens (tertiary/aromatic N) is 1. The van der Waals surface area contributed by atoms with E-state index in [9.17, 15) is 14.9 Å². The van der Waals surface area contributed by atoms with Crippen LogP contribution in [0.1, 0.15) is 24.8 Å². The van der Waals surface area contributed by atoms with E-state index in [0.717, 1.165) is 25.9 Å². The van der Waals surface area contributed by atoms with Gasteiger partial charge in [0.25, 0.3) is 5.69 Å². The zero-order chi connectivity index (χ0) is 15.4. The second kappa shape index (κ2) is 7.00. The summed E-state index contributed by atoms with van der Waals surface area (Å²) in [6.45, 7) is 3.65. The fraction of sp³-hybridized carbons (Fsp3) is 0.500. The third-order valence-corrected chi connectivity index (χ3v) is 4.35. The normalized spacial score (nSPS) is 17.7. The van der Waals surface area contributed by atoms with Crippen molar-refractivity contribution in [3.63, 3.8) is 0 Å². The Morgan fingerprint density at radius 3 is 2.95 bits per heavy atom. The van der Waals surface area contributed by atoms with Gasteiger partial charge in [0.1, 0.15) is 0 Å². The molecule has 1 aliphatic rings. The largest absolute Gasteiger partial charge is 0.325 e. The highest BCUT2D eigenvalue weighted by molar-refractivity contribution is 9.10. The Hall–Kier alpha value is -1.47. The summed E-state index contributed by atoms with van der Waals surface area (Å²) < 4.78 is 0.654. The SMILES string of the molecule is Cc1cc(Br)c(NC(=O)CCC2CCNC2)cc1[N+](=O)[O-]. The number of carbonyl (C=O) groups excluding carboxylic acids is 1. The third-order valence-electron chi connectivity index (χ3n) is 3.70. The number of nitro groups is 1. The van der Waals surface area contributed by atoms with E-state index >= 15 is 0 Å². The lowest BCUT2D eigenvalue weighted by atomic mass is 10.0. The highest BCUT2D eigenvalue weighted by Crippen LogP contribution is 2.30. The molecule has 1 amide bonds. The number of aryl methyl sites for hydroxylation is 1. The number of benzene rings is 1. The molecule has 6 nitrogen and oxygen atoms in total. The Morgan fingerprint density at radius 2 is 2.33 bits per heavy atom. The third kappa shape index (κ3) is 4.25. The molecule has 1 aliphatic heterocycles. The lowest BCUT2D eigenvalue weighted by Gasteiger charge is -2.10. The molecule has 0 bridgehead atoms. The highest BCUT2D eigenvalue weighted by Gasteiger charge is 2.18. The minimum atomic E-state index is -0.443. The summed E-state index contributed by atoms with van der Waals surface area (Å²) in [4.78, 5) is 22.5. The lowest BCUT2D eigenvalue weighted by Crippen LogP contribution is -2.15. The predicted octanol–water partition coefficient (Wildman–Crippen LogP) is 2.99. The van der Waals surface area contributed by atoms with Gasteiger partial charge in [-0.1, -0.05) is 0 Å². The van der Waals surface area contributed by atoms with Crippen LogP contribution < -0.4 is 10.6 Å². The molecule has 0 radical (unpaired) electrons. The maximum atomic E-state index is 12.0. The molecule has 1 aromatic carbocycles. The van der Waals surface area contributed by atoms with Crippen molar-refractivity contribution in [1.82, 2.24) is 5.32 Å². The van der Waals surface area contributed by atoms with Gasteiger partial charge in [-0.15, -0.1) is 0 Å². The van der Waals surface area contributed by atoms with Gasteiger partial charge >= 0.3 is 0 Å². The van der Waals surface area contributed by atoms with Gasteiger partial charge in [-0.2, -0.15) is 0 Å². The molecule has 114 valence electrons. The summed E-state index contributed by atoms with van der Waals surface area (Å²) in [5.41, 5.74) is 1.01. The number of nitrogens with one attached hydrogen (secondary N) is 2. The van der Waals surface area contributed by atoms with Crippen molar-refractivity contribution in [3.8, 4) is 0 Å². The van der Waals surface area contributed by atoms with Crippen LogP contribution in [0.3, 0.4) is 0 Å². The van der Waals surface area contributed by atoms with Crippen molar-refractivity contribution in [1.29, 1.82) is 0 Å². The van der Waals surface area contributed by atoms with Crippen LogP contribution in [0, 0.1) is 23.0 Å². The minimum Gasteiger partial charge on any atom is -0.325 e. The van der Waals surface area contributed by atoms with E-state index in [1.54, 1.807) is 13.0 Å². The van der Waals surface area contributed by atoms with E-state index in [1.165, 1.54) is 6.07 Å². The number of amides is 1. The fourth-order valence-electron chi connectivity index (χ4n) is 2.46. The minimum absolute atomic E-state index is 0.00786. The molecular weight excluding hydrogens is 338 g/mol. The quantitative estimate of drug-likeness (QED) is 0.628. The molecule has 0 aromatic heterocycles. The van der Waals surface area contributed by atoms with Gasteiger partial charge < -0.3 is 10.6 Å². The zero-order valence-electron chi connectivity index (χ0n) is 11.8. The van der Waals surface area contributed by atoms with E-state index in [0.29, 0.717) is 28.1 Å². The topological polar surface area (TPSA) is 84.3 Å². The van der Waals surface area contributed by atoms with Gasteiger partial charge in [-0.3, -0.25) is 14.9 Å². The second-order valence-corrected chi connectivity index (χ2v) is 6.18. The van der Waals surface area contributed by atoms with Crippen LogP contribution in [-0.2, 0) is 4.79 Å². The average molecular weight is 356 g/mol. The summed E-state index contributed by atoms with van der Waals surface area (Å²) in [5, 5.41) is 17.0. The number of anilines is 1. The Morgan fingerprint density at radius 1 is 1.57 bits per heavy atom. The molecule has 2 rings (SSSR count). The monoisotopic (exact) mass is 355 g/mol. The van der Waals surface area contributed by atoms with Crippen LogP contribution in [0.4, 0.5) is 11.4 Å². The molecular formula is C14H18BrN3O3. The van der Waals surface area contributed by atoms with Gasteiger partial charge in [0.2, 0.25) is 5.91 Å². The Bertz CT molecular complexity index is 557. The van der Waals surface area contributed by atoms with Crippen LogP contribution in [0.5, 0.6) is 0 Å². The standard InChI is InChI=1S/C14H18BrN3O3/c1-9-6-11(15)12(7-13(9)18(20)21)17-14(19)3-2-10-4-5-16-8-10/h6-7,10,16H,2-5,8H2,1H3,(H,17,19). The number of halogens is 1. The van der Waals surface area contributed by atoms with Crippen molar-refractivity contribution in [3.05, 3.63) is 32.3 Å². The highest BCUT2D eigenvalue weighted by atomic mass is 79.9. The molecule has 2 N–H and O–H groups in total. The van der Waals surface area contributed by atoms with Crippen molar-refractivity contribution in [2.75, 3.05) is 18.4 Å². The van der Waals surface area contributed by atoms with Gasteiger partial charge in [-0.05, 0) is 60.8 Å². The number of nitro benzene ring substituents is 1. The average Bonchev–Trinajstić information content (AvgIpc) is 2.92. The first-order chi connectivity index (χ1) is 9.97. The summed E-state index contributed by atoms with van der Waals surface area (Å²) in [6, 6.07) is 3.04. The zero-order valence-corrected chi connectivity index (χ0v) is 13.4. The molecule has 0 spiro atoms. The molecule has 7 heteroatoms. The first-order valence-electron chi connectivity index (χ1n) is 6.92. The van der Waals surface area contributed by atoms with Crippen LogP contribution >= 0.6 is 15.9 Å². The van der Waals surface area contributed by atoms with E-state index < -0.39 is 4.92 Å². The number of rotatable bonds is 5. The van der Waals surface area contributed by atoms with Crippen molar-refractivity contribution in [2.24, 2.45) is 5.92 Å².